The van der Waals surface area contributed by atoms with Gasteiger partial charge in [-0.25, -0.2) is 0 Å². The summed E-state index contributed by atoms with van der Waals surface area (Å²) in [4.78, 5) is 0. The second-order valence-corrected chi connectivity index (χ2v) is 5.37. The summed E-state index contributed by atoms with van der Waals surface area (Å²) in [5.74, 6) is 0. The first-order valence-corrected chi connectivity index (χ1v) is 7.25. The maximum Gasteiger partial charge on any atom is 0.0716 e. The highest BCUT2D eigenvalue weighted by atomic mass is 16.5. The standard InChI is InChI=1S/C18H21NO/c1-20-13-16-8-3-2-7-15(16)12-19-18-11-10-14-6-4-5-9-17(14)18/h2-9,18-19H,10-13H2,1H3. The minimum atomic E-state index is 0.488. The van der Waals surface area contributed by atoms with E-state index >= 15 is 0 Å². The molecule has 3 rings (SSSR count). The molecule has 104 valence electrons. The number of methoxy groups -OCH3 is 1. The van der Waals surface area contributed by atoms with Gasteiger partial charge in [0, 0.05) is 19.7 Å². The second kappa shape index (κ2) is 6.21. The molecule has 0 aromatic heterocycles. The highest BCUT2D eigenvalue weighted by Gasteiger charge is 2.21. The molecule has 20 heavy (non-hydrogen) atoms. The molecule has 0 radical (unpaired) electrons. The van der Waals surface area contributed by atoms with Gasteiger partial charge in [-0.1, -0.05) is 48.5 Å². The van der Waals surface area contributed by atoms with Gasteiger partial charge in [0.15, 0.2) is 0 Å². The number of aryl methyl sites for hydroxylation is 1. The van der Waals surface area contributed by atoms with E-state index in [1.165, 1.54) is 35.1 Å². The Kier molecular flexibility index (Phi) is 4.14. The number of ether oxygens (including phenoxy) is 1. The number of nitrogens with one attached hydrogen (secondary N) is 1. The molecule has 1 unspecified atom stereocenters. The number of benzene rings is 2. The summed E-state index contributed by atoms with van der Waals surface area (Å²) in [5, 5.41) is 3.70. The van der Waals surface area contributed by atoms with Crippen LogP contribution in [0.5, 0.6) is 0 Å². The summed E-state index contributed by atoms with van der Waals surface area (Å²) < 4.78 is 5.27. The molecule has 0 amide bonds. The van der Waals surface area contributed by atoms with Gasteiger partial charge in [-0.05, 0) is 35.1 Å². The molecule has 0 heterocycles. The van der Waals surface area contributed by atoms with Crippen LogP contribution in [0.25, 0.3) is 0 Å². The van der Waals surface area contributed by atoms with Crippen LogP contribution in [-0.4, -0.2) is 7.11 Å². The van der Waals surface area contributed by atoms with Crippen molar-refractivity contribution in [2.75, 3.05) is 7.11 Å². The lowest BCUT2D eigenvalue weighted by Crippen LogP contribution is -2.19. The second-order valence-electron chi connectivity index (χ2n) is 5.37. The third-order valence-electron chi connectivity index (χ3n) is 4.09. The van der Waals surface area contributed by atoms with Gasteiger partial charge >= 0.3 is 0 Å². The van der Waals surface area contributed by atoms with E-state index in [0.29, 0.717) is 12.6 Å². The van der Waals surface area contributed by atoms with Gasteiger partial charge in [0.1, 0.15) is 0 Å². The predicted molar refractivity (Wildman–Crippen MR) is 81.5 cm³/mol. The quantitative estimate of drug-likeness (QED) is 0.893. The van der Waals surface area contributed by atoms with Crippen LogP contribution in [0.2, 0.25) is 0 Å². The highest BCUT2D eigenvalue weighted by molar-refractivity contribution is 5.34. The number of fused-ring (bicyclic) bond motifs is 1. The molecule has 2 nitrogen and oxygen atoms in total. The molecule has 0 saturated heterocycles. The Morgan fingerprint density at radius 3 is 2.65 bits per heavy atom. The zero-order chi connectivity index (χ0) is 13.8. The van der Waals surface area contributed by atoms with Crippen molar-refractivity contribution >= 4 is 0 Å². The molecule has 1 aliphatic carbocycles. The molecular formula is C18H21NO. The van der Waals surface area contributed by atoms with Gasteiger partial charge in [-0.2, -0.15) is 0 Å². The molecule has 2 heteroatoms. The van der Waals surface area contributed by atoms with Gasteiger partial charge in [0.2, 0.25) is 0 Å². The van der Waals surface area contributed by atoms with Gasteiger partial charge in [-0.15, -0.1) is 0 Å². The van der Waals surface area contributed by atoms with Crippen LogP contribution in [0.15, 0.2) is 48.5 Å². The number of hydrogen-bond acceptors (Lipinski definition) is 2. The first-order valence-electron chi connectivity index (χ1n) is 7.25. The minimum absolute atomic E-state index is 0.488. The van der Waals surface area contributed by atoms with E-state index in [0.717, 1.165) is 6.54 Å². The highest BCUT2D eigenvalue weighted by Crippen LogP contribution is 2.31. The van der Waals surface area contributed by atoms with Crippen LogP contribution >= 0.6 is 0 Å². The number of rotatable bonds is 5. The van der Waals surface area contributed by atoms with Crippen molar-refractivity contribution in [3.63, 3.8) is 0 Å². The Labute approximate surface area is 120 Å². The van der Waals surface area contributed by atoms with E-state index in [1.54, 1.807) is 7.11 Å². The van der Waals surface area contributed by atoms with E-state index in [2.05, 4.69) is 53.8 Å². The molecule has 1 atom stereocenters. The molecule has 0 saturated carbocycles. The van der Waals surface area contributed by atoms with Crippen LogP contribution in [0.3, 0.4) is 0 Å². The zero-order valence-electron chi connectivity index (χ0n) is 11.9. The van der Waals surface area contributed by atoms with Crippen LogP contribution in [0, 0.1) is 0 Å². The summed E-state index contributed by atoms with van der Waals surface area (Å²) in [6.45, 7) is 1.58. The Balaban J connectivity index is 1.69. The van der Waals surface area contributed by atoms with Crippen LogP contribution in [-0.2, 0) is 24.3 Å². The number of hydrogen-bond donors (Lipinski definition) is 1. The molecule has 0 fully saturated rings. The van der Waals surface area contributed by atoms with Crippen molar-refractivity contribution in [3.05, 3.63) is 70.8 Å². The summed E-state index contributed by atoms with van der Waals surface area (Å²) in [6.07, 6.45) is 2.39. The average molecular weight is 267 g/mol. The van der Waals surface area contributed by atoms with Crippen LogP contribution in [0.1, 0.15) is 34.7 Å². The Morgan fingerprint density at radius 2 is 1.80 bits per heavy atom. The van der Waals surface area contributed by atoms with Gasteiger partial charge in [0.25, 0.3) is 0 Å². The van der Waals surface area contributed by atoms with Crippen molar-refractivity contribution in [3.8, 4) is 0 Å². The average Bonchev–Trinajstić information content (AvgIpc) is 2.90. The normalized spacial score (nSPS) is 17.1. The molecule has 0 spiro atoms. The lowest BCUT2D eigenvalue weighted by molar-refractivity contribution is 0.184. The first-order chi connectivity index (χ1) is 9.88. The summed E-state index contributed by atoms with van der Waals surface area (Å²) in [6, 6.07) is 17.7. The molecule has 1 aliphatic rings. The van der Waals surface area contributed by atoms with Crippen LogP contribution in [0.4, 0.5) is 0 Å². The molecular weight excluding hydrogens is 246 g/mol. The Hall–Kier alpha value is -1.64. The zero-order valence-corrected chi connectivity index (χ0v) is 11.9. The maximum atomic E-state index is 5.27. The molecule has 2 aromatic rings. The SMILES string of the molecule is COCc1ccccc1CNC1CCc2ccccc21. The van der Waals surface area contributed by atoms with Gasteiger partial charge in [0.05, 0.1) is 6.61 Å². The summed E-state index contributed by atoms with van der Waals surface area (Å²) in [7, 11) is 1.75. The van der Waals surface area contributed by atoms with E-state index < -0.39 is 0 Å². The first kappa shape index (κ1) is 13.3. The monoisotopic (exact) mass is 267 g/mol. The van der Waals surface area contributed by atoms with Gasteiger partial charge < -0.3 is 10.1 Å². The van der Waals surface area contributed by atoms with E-state index in [4.69, 9.17) is 4.74 Å². The molecule has 0 aliphatic heterocycles. The van der Waals surface area contributed by atoms with Crippen molar-refractivity contribution in [1.29, 1.82) is 0 Å². The Morgan fingerprint density at radius 1 is 1.05 bits per heavy atom. The largest absolute Gasteiger partial charge is 0.380 e. The third-order valence-corrected chi connectivity index (χ3v) is 4.09. The van der Waals surface area contributed by atoms with Crippen molar-refractivity contribution in [1.82, 2.24) is 5.32 Å². The summed E-state index contributed by atoms with van der Waals surface area (Å²) >= 11 is 0. The predicted octanol–water partition coefficient (Wildman–Crippen LogP) is 3.61. The van der Waals surface area contributed by atoms with Gasteiger partial charge in [-0.3, -0.25) is 0 Å². The Bertz CT molecular complexity index is 579. The van der Waals surface area contributed by atoms with E-state index in [9.17, 15) is 0 Å². The molecule has 1 N–H and O–H groups in total. The van der Waals surface area contributed by atoms with E-state index in [-0.39, 0.29) is 0 Å². The fourth-order valence-electron chi connectivity index (χ4n) is 3.03. The minimum Gasteiger partial charge on any atom is -0.380 e. The molecule has 0 bridgehead atoms. The fraction of sp³-hybridized carbons (Fsp3) is 0.333. The van der Waals surface area contributed by atoms with Crippen molar-refractivity contribution in [2.45, 2.75) is 32.0 Å². The summed E-state index contributed by atoms with van der Waals surface area (Å²) in [5.41, 5.74) is 5.57. The van der Waals surface area contributed by atoms with E-state index in [1.807, 2.05) is 0 Å². The van der Waals surface area contributed by atoms with Crippen molar-refractivity contribution < 1.29 is 4.74 Å². The topological polar surface area (TPSA) is 21.3 Å². The maximum absolute atomic E-state index is 5.27. The fourth-order valence-corrected chi connectivity index (χ4v) is 3.03. The van der Waals surface area contributed by atoms with Crippen molar-refractivity contribution in [2.24, 2.45) is 0 Å². The van der Waals surface area contributed by atoms with Crippen LogP contribution < -0.4 is 5.32 Å². The lowest BCUT2D eigenvalue weighted by Gasteiger charge is -2.16. The lowest BCUT2D eigenvalue weighted by atomic mass is 10.1. The molecule has 2 aromatic carbocycles. The smallest absolute Gasteiger partial charge is 0.0716 e. The third kappa shape index (κ3) is 2.77.